The third-order valence-electron chi connectivity index (χ3n) is 10.4. The van der Waals surface area contributed by atoms with Crippen LogP contribution in [0.25, 0.3) is 0 Å². The molecule has 3 aliphatic rings. The van der Waals surface area contributed by atoms with E-state index in [-0.39, 0.29) is 17.0 Å². The zero-order chi connectivity index (χ0) is 30.7. The third-order valence-corrected chi connectivity index (χ3v) is 11.9. The number of unbranched alkanes of at least 4 members (excludes halogenated alkanes) is 6. The van der Waals surface area contributed by atoms with E-state index in [9.17, 15) is 36.1 Å². The van der Waals surface area contributed by atoms with Crippen LogP contribution < -0.4 is 0 Å². The first kappa shape index (κ1) is 33.1. The molecule has 0 aromatic heterocycles. The highest BCUT2D eigenvalue weighted by Crippen LogP contribution is 2.63. The molecule has 9 heteroatoms. The molecule has 0 amide bonds. The van der Waals surface area contributed by atoms with Gasteiger partial charge in [-0.2, -0.15) is 22.0 Å². The summed E-state index contributed by atoms with van der Waals surface area (Å²) in [5.74, 6) is -2.30. The first-order valence-corrected chi connectivity index (χ1v) is 17.1. The van der Waals surface area contributed by atoms with Crippen LogP contribution in [0.5, 0.6) is 5.75 Å². The Kier molecular flexibility index (Phi) is 10.6. The number of aromatic hydroxyl groups is 1. The molecule has 0 spiro atoms. The van der Waals surface area contributed by atoms with E-state index in [1.54, 1.807) is 6.07 Å². The van der Waals surface area contributed by atoms with Crippen molar-refractivity contribution in [3.63, 3.8) is 0 Å². The van der Waals surface area contributed by atoms with E-state index in [2.05, 4.69) is 19.6 Å². The van der Waals surface area contributed by atoms with E-state index in [4.69, 9.17) is 0 Å². The molecule has 2 fully saturated rings. The summed E-state index contributed by atoms with van der Waals surface area (Å²) >= 11 is 0. The molecule has 0 saturated heterocycles. The van der Waals surface area contributed by atoms with Crippen LogP contribution in [0, 0.1) is 23.2 Å². The zero-order valence-corrected chi connectivity index (χ0v) is 25.4. The van der Waals surface area contributed by atoms with Gasteiger partial charge in [-0.25, -0.2) is 0 Å². The summed E-state index contributed by atoms with van der Waals surface area (Å²) in [6.07, 6.45) is 4.27. The lowest BCUT2D eigenvalue weighted by atomic mass is 9.52. The Labute approximate surface area is 249 Å². The summed E-state index contributed by atoms with van der Waals surface area (Å²) in [6, 6.07) is 5.81. The molecule has 42 heavy (non-hydrogen) atoms. The lowest BCUT2D eigenvalue weighted by Crippen LogP contribution is -2.44. The van der Waals surface area contributed by atoms with Crippen LogP contribution in [0.3, 0.4) is 0 Å². The van der Waals surface area contributed by atoms with Gasteiger partial charge in [0.2, 0.25) is 0 Å². The highest BCUT2D eigenvalue weighted by molar-refractivity contribution is 7.84. The minimum atomic E-state index is -5.55. The van der Waals surface area contributed by atoms with Crippen molar-refractivity contribution in [2.45, 2.75) is 115 Å². The average molecular weight is 617 g/mol. The van der Waals surface area contributed by atoms with Gasteiger partial charge >= 0.3 is 12.1 Å². The fourth-order valence-corrected chi connectivity index (χ4v) is 9.23. The second-order valence-electron chi connectivity index (χ2n) is 13.1. The number of carbonyl (C=O) groups excluding carboxylic acids is 1. The van der Waals surface area contributed by atoms with Gasteiger partial charge in [0.05, 0.1) is 0 Å². The highest BCUT2D eigenvalue weighted by atomic mass is 32.2. The molecule has 0 aliphatic heterocycles. The molecule has 236 valence electrons. The van der Waals surface area contributed by atoms with Gasteiger partial charge in [0.25, 0.3) is 0 Å². The maximum Gasteiger partial charge on any atom is 0.453 e. The lowest BCUT2D eigenvalue weighted by molar-refractivity contribution is -0.284. The van der Waals surface area contributed by atoms with E-state index in [0.717, 1.165) is 69.8 Å². The number of phenolic OH excluding ortho intramolecular Hbond substituents is 1. The number of hydrogen-bond donors (Lipinski definition) is 1. The number of Topliss-reactive ketones (excluding diaryl/α,β-unsaturated/α-hetero) is 1. The van der Waals surface area contributed by atoms with Gasteiger partial charge in [-0.1, -0.05) is 58.1 Å². The number of allylic oxidation sites excluding steroid dienone is 1. The van der Waals surface area contributed by atoms with E-state index in [1.165, 1.54) is 11.1 Å². The van der Waals surface area contributed by atoms with Gasteiger partial charge < -0.3 is 5.11 Å². The molecule has 6 atom stereocenters. The molecule has 1 N–H and O–H groups in total. The van der Waals surface area contributed by atoms with Crippen molar-refractivity contribution < 1.29 is 36.1 Å². The maximum atomic E-state index is 13.0. The van der Waals surface area contributed by atoms with Crippen LogP contribution in [0.2, 0.25) is 0 Å². The van der Waals surface area contributed by atoms with Gasteiger partial charge in [0.15, 0.2) is 5.78 Å². The predicted octanol–water partition coefficient (Wildman–Crippen LogP) is 9.06. The second-order valence-corrected chi connectivity index (χ2v) is 14.8. The molecule has 0 radical (unpaired) electrons. The molecule has 0 bridgehead atoms. The number of carbonyl (C=O) groups is 1. The Balaban J connectivity index is 1.18. The van der Waals surface area contributed by atoms with Crippen LogP contribution in [-0.2, 0) is 22.0 Å². The van der Waals surface area contributed by atoms with E-state index in [0.29, 0.717) is 48.0 Å². The SMILES string of the molecule is C=C1C(=O)CC2C3C(CCCCCCCCCS(=O)CCCC(F)(F)C(F)(F)F)Cc4cc(O)ccc4C3CC[C@]12C. The maximum absolute atomic E-state index is 13.0. The number of ketones is 1. The van der Waals surface area contributed by atoms with Crippen LogP contribution in [-0.4, -0.2) is 38.7 Å². The summed E-state index contributed by atoms with van der Waals surface area (Å²) in [5, 5.41) is 10.2. The average Bonchev–Trinajstić information content (AvgIpc) is 3.14. The summed E-state index contributed by atoms with van der Waals surface area (Å²) < 4.78 is 74.6. The lowest BCUT2D eigenvalue weighted by Gasteiger charge is -2.52. The molecule has 3 nitrogen and oxygen atoms in total. The second kappa shape index (κ2) is 13.5. The number of halogens is 5. The summed E-state index contributed by atoms with van der Waals surface area (Å²) in [7, 11) is -1.37. The fraction of sp³-hybridized carbons (Fsp3) is 0.727. The van der Waals surface area contributed by atoms with Crippen LogP contribution >= 0.6 is 0 Å². The molecule has 2 saturated carbocycles. The van der Waals surface area contributed by atoms with E-state index < -0.39 is 35.7 Å². The number of benzene rings is 1. The number of hydrogen-bond acceptors (Lipinski definition) is 3. The smallest absolute Gasteiger partial charge is 0.453 e. The molecule has 1 aromatic rings. The Morgan fingerprint density at radius 2 is 1.62 bits per heavy atom. The van der Waals surface area contributed by atoms with Crippen LogP contribution in [0.4, 0.5) is 22.0 Å². The molecule has 1 aromatic carbocycles. The van der Waals surface area contributed by atoms with Crippen molar-refractivity contribution in [2.24, 2.45) is 23.2 Å². The fourth-order valence-electron chi connectivity index (χ4n) is 8.03. The van der Waals surface area contributed by atoms with Crippen molar-refractivity contribution in [3.05, 3.63) is 41.5 Å². The van der Waals surface area contributed by atoms with Crippen molar-refractivity contribution >= 4 is 16.6 Å². The number of phenols is 1. The van der Waals surface area contributed by atoms with Crippen molar-refractivity contribution in [3.8, 4) is 5.75 Å². The minimum Gasteiger partial charge on any atom is -0.508 e. The van der Waals surface area contributed by atoms with Crippen LogP contribution in [0.15, 0.2) is 30.4 Å². The molecule has 5 unspecified atom stereocenters. The van der Waals surface area contributed by atoms with Gasteiger partial charge in [-0.15, -0.1) is 0 Å². The normalized spacial score (nSPS) is 28.3. The van der Waals surface area contributed by atoms with E-state index >= 15 is 0 Å². The minimum absolute atomic E-state index is 0.108. The highest BCUT2D eigenvalue weighted by Gasteiger charge is 2.57. The summed E-state index contributed by atoms with van der Waals surface area (Å²) in [5.41, 5.74) is 3.30. The quantitative estimate of drug-likeness (QED) is 0.129. The first-order chi connectivity index (χ1) is 19.7. The third kappa shape index (κ3) is 7.29. The zero-order valence-electron chi connectivity index (χ0n) is 24.6. The van der Waals surface area contributed by atoms with Crippen molar-refractivity contribution in [1.29, 1.82) is 0 Å². The van der Waals surface area contributed by atoms with Crippen molar-refractivity contribution in [2.75, 3.05) is 11.5 Å². The summed E-state index contributed by atoms with van der Waals surface area (Å²) in [4.78, 5) is 12.8. The van der Waals surface area contributed by atoms with E-state index in [1.807, 2.05) is 6.07 Å². The number of rotatable bonds is 14. The molecular formula is C33H45F5O3S. The van der Waals surface area contributed by atoms with Gasteiger partial charge in [0, 0.05) is 35.1 Å². The Hall–Kier alpha value is -1.77. The molecular weight excluding hydrogens is 571 g/mol. The van der Waals surface area contributed by atoms with Crippen LogP contribution in [0.1, 0.15) is 107 Å². The predicted molar refractivity (Wildman–Crippen MR) is 156 cm³/mol. The Morgan fingerprint density at radius 3 is 2.31 bits per heavy atom. The van der Waals surface area contributed by atoms with Gasteiger partial charge in [-0.05, 0) is 96.4 Å². The Morgan fingerprint density at radius 1 is 0.976 bits per heavy atom. The molecule has 0 heterocycles. The standard InChI is InChI=1S/C33H45F5O3S/c1-22-29(40)21-28-30-23(19-24-20-25(39)12-13-26(24)27(30)14-16-31(22,28)2)11-8-6-4-3-5-7-9-17-42(41)18-10-15-32(34,35)33(36,37)38/h12-13,20,23,27-28,30,39H,1,3-11,14-19,21H2,2H3/t23?,27?,28?,30?,31-,42?/m1/s1. The van der Waals surface area contributed by atoms with Gasteiger partial charge in [0.1, 0.15) is 5.75 Å². The Bertz CT molecular complexity index is 1150. The first-order valence-electron chi connectivity index (χ1n) is 15.6. The van der Waals surface area contributed by atoms with Crippen molar-refractivity contribution in [1.82, 2.24) is 0 Å². The molecule has 3 aliphatic carbocycles. The number of alkyl halides is 5. The summed E-state index contributed by atoms with van der Waals surface area (Å²) in [6.45, 7) is 6.44. The monoisotopic (exact) mass is 616 g/mol. The largest absolute Gasteiger partial charge is 0.508 e. The molecule has 4 rings (SSSR count). The topological polar surface area (TPSA) is 54.4 Å². The number of fused-ring (bicyclic) bond motifs is 5. The van der Waals surface area contributed by atoms with Gasteiger partial charge in [-0.3, -0.25) is 9.00 Å².